The maximum atomic E-state index is 12.8. The quantitative estimate of drug-likeness (QED) is 0.834. The van der Waals surface area contributed by atoms with Gasteiger partial charge in [-0.1, -0.05) is 6.42 Å². The molecule has 0 aromatic carbocycles. The summed E-state index contributed by atoms with van der Waals surface area (Å²) in [5.41, 5.74) is 3.35. The second-order valence-corrected chi connectivity index (χ2v) is 7.57. The molecule has 0 saturated heterocycles. The molecule has 1 amide bonds. The number of ether oxygens (including phenoxy) is 1. The molecule has 24 heavy (non-hydrogen) atoms. The molecule has 0 spiro atoms. The van der Waals surface area contributed by atoms with Gasteiger partial charge in [-0.25, -0.2) is 4.98 Å². The molecular weight excluding hydrogens is 324 g/mol. The number of amides is 1. The monoisotopic (exact) mass is 346 g/mol. The number of methoxy groups -OCH3 is 1. The number of rotatable bonds is 5. The molecule has 7 heteroatoms. The van der Waals surface area contributed by atoms with Crippen LogP contribution in [0.4, 0.5) is 5.13 Å². The lowest BCUT2D eigenvalue weighted by atomic mass is 9.84. The van der Waals surface area contributed by atoms with Crippen molar-refractivity contribution in [3.8, 4) is 11.3 Å². The number of anilines is 1. The highest BCUT2D eigenvalue weighted by molar-refractivity contribution is 7.16. The third-order valence-corrected chi connectivity index (χ3v) is 6.20. The van der Waals surface area contributed by atoms with Crippen molar-refractivity contribution in [2.24, 2.45) is 13.0 Å². The first-order valence-electron chi connectivity index (χ1n) is 8.50. The minimum Gasteiger partial charge on any atom is -0.383 e. The molecule has 2 aliphatic carbocycles. The van der Waals surface area contributed by atoms with Gasteiger partial charge >= 0.3 is 0 Å². The maximum Gasteiger partial charge on any atom is 0.231 e. The Morgan fingerprint density at radius 3 is 3.00 bits per heavy atom. The lowest BCUT2D eigenvalue weighted by molar-refractivity contribution is -0.124. The largest absolute Gasteiger partial charge is 0.383 e. The summed E-state index contributed by atoms with van der Waals surface area (Å²) in [5.74, 6) is 0.368. The van der Waals surface area contributed by atoms with Gasteiger partial charge in [-0.3, -0.25) is 14.4 Å². The number of carbonyl (C=O) groups is 1. The first-order valence-corrected chi connectivity index (χ1v) is 9.32. The Hall–Kier alpha value is -1.73. The Morgan fingerprint density at radius 2 is 2.29 bits per heavy atom. The van der Waals surface area contributed by atoms with Crippen molar-refractivity contribution in [2.45, 2.75) is 32.1 Å². The van der Waals surface area contributed by atoms with Crippen molar-refractivity contribution in [2.75, 3.05) is 25.2 Å². The fraction of sp³-hybridized carbons (Fsp3) is 0.588. The van der Waals surface area contributed by atoms with Crippen molar-refractivity contribution >= 4 is 22.4 Å². The van der Waals surface area contributed by atoms with E-state index in [1.165, 1.54) is 10.6 Å². The second kappa shape index (κ2) is 6.29. The number of thiazole rings is 1. The lowest BCUT2D eigenvalue weighted by Crippen LogP contribution is -2.40. The number of hydrogen-bond acceptors (Lipinski definition) is 5. The molecule has 0 radical (unpaired) electrons. The predicted octanol–water partition coefficient (Wildman–Crippen LogP) is 2.42. The Kier molecular flexibility index (Phi) is 4.14. The molecule has 2 aliphatic rings. The fourth-order valence-electron chi connectivity index (χ4n) is 3.38. The third kappa shape index (κ3) is 2.56. The average molecular weight is 346 g/mol. The van der Waals surface area contributed by atoms with E-state index in [2.05, 4.69) is 5.10 Å². The van der Waals surface area contributed by atoms with Crippen molar-refractivity contribution in [3.63, 3.8) is 0 Å². The molecule has 6 nitrogen and oxygen atoms in total. The van der Waals surface area contributed by atoms with E-state index in [-0.39, 0.29) is 11.8 Å². The van der Waals surface area contributed by atoms with Crippen LogP contribution < -0.4 is 4.90 Å². The Bertz CT molecular complexity index is 763. The standard InChI is InChI=1S/C17H22N4O2S/c1-20-13-6-7-14-15(12(13)10-18-20)19-17(24-14)21(8-9-23-2)16(22)11-4-3-5-11/h10-11H,3-9H2,1-2H3. The molecule has 2 aromatic heterocycles. The summed E-state index contributed by atoms with van der Waals surface area (Å²) in [7, 11) is 3.64. The van der Waals surface area contributed by atoms with Crippen molar-refractivity contribution in [1.29, 1.82) is 0 Å². The third-order valence-electron chi connectivity index (χ3n) is 5.06. The summed E-state index contributed by atoms with van der Waals surface area (Å²) in [6, 6.07) is 0. The second-order valence-electron chi connectivity index (χ2n) is 6.51. The SMILES string of the molecule is COCCN(C(=O)C1CCC1)c1nc2c(s1)CCc1c-2cnn1C. The van der Waals surface area contributed by atoms with E-state index in [1.807, 2.05) is 22.8 Å². The highest BCUT2D eigenvalue weighted by Gasteiger charge is 2.33. The average Bonchev–Trinajstić information content (AvgIpc) is 3.09. The Balaban J connectivity index is 1.67. The molecule has 128 valence electrons. The van der Waals surface area contributed by atoms with Gasteiger partial charge in [-0.15, -0.1) is 11.3 Å². The van der Waals surface area contributed by atoms with Crippen molar-refractivity contribution in [3.05, 3.63) is 16.8 Å². The van der Waals surface area contributed by atoms with E-state index in [0.717, 1.165) is 48.5 Å². The van der Waals surface area contributed by atoms with Gasteiger partial charge in [-0.2, -0.15) is 5.10 Å². The minimum absolute atomic E-state index is 0.164. The van der Waals surface area contributed by atoms with E-state index in [9.17, 15) is 4.79 Å². The minimum atomic E-state index is 0.164. The van der Waals surface area contributed by atoms with Gasteiger partial charge in [-0.05, 0) is 25.7 Å². The van der Waals surface area contributed by atoms with E-state index < -0.39 is 0 Å². The van der Waals surface area contributed by atoms with Crippen molar-refractivity contribution < 1.29 is 9.53 Å². The summed E-state index contributed by atoms with van der Waals surface area (Å²) in [6.45, 7) is 1.10. The van der Waals surface area contributed by atoms with Crippen LogP contribution in [0, 0.1) is 5.92 Å². The van der Waals surface area contributed by atoms with Crippen LogP contribution in [0.25, 0.3) is 11.3 Å². The summed E-state index contributed by atoms with van der Waals surface area (Å²) in [5, 5.41) is 5.18. The summed E-state index contributed by atoms with van der Waals surface area (Å²) < 4.78 is 7.14. The number of fused-ring (bicyclic) bond motifs is 3. The van der Waals surface area contributed by atoms with Crippen LogP contribution >= 0.6 is 11.3 Å². The van der Waals surface area contributed by atoms with Crippen LogP contribution in [0.2, 0.25) is 0 Å². The van der Waals surface area contributed by atoms with Gasteiger partial charge in [0.1, 0.15) is 0 Å². The van der Waals surface area contributed by atoms with E-state index in [0.29, 0.717) is 13.2 Å². The predicted molar refractivity (Wildman–Crippen MR) is 93.3 cm³/mol. The fourth-order valence-corrected chi connectivity index (χ4v) is 4.49. The molecule has 0 unspecified atom stereocenters. The zero-order valence-corrected chi connectivity index (χ0v) is 14.9. The van der Waals surface area contributed by atoms with Gasteiger partial charge in [0.15, 0.2) is 5.13 Å². The topological polar surface area (TPSA) is 60.2 Å². The number of aryl methyl sites for hydroxylation is 2. The smallest absolute Gasteiger partial charge is 0.231 e. The highest BCUT2D eigenvalue weighted by Crippen LogP contribution is 2.40. The van der Waals surface area contributed by atoms with Crippen LogP contribution in [0.5, 0.6) is 0 Å². The summed E-state index contributed by atoms with van der Waals surface area (Å²) in [4.78, 5) is 20.7. The summed E-state index contributed by atoms with van der Waals surface area (Å²) >= 11 is 1.65. The molecule has 1 saturated carbocycles. The lowest BCUT2D eigenvalue weighted by Gasteiger charge is -2.30. The molecule has 2 heterocycles. The zero-order valence-electron chi connectivity index (χ0n) is 14.1. The van der Waals surface area contributed by atoms with Crippen molar-refractivity contribution in [1.82, 2.24) is 14.8 Å². The molecule has 1 fully saturated rings. The molecular formula is C17H22N4O2S. The molecule has 2 aromatic rings. The molecule has 0 aliphatic heterocycles. The van der Waals surface area contributed by atoms with E-state index in [1.54, 1.807) is 18.4 Å². The number of carbonyl (C=O) groups excluding carboxylic acids is 1. The van der Waals surface area contributed by atoms with Gasteiger partial charge in [0.2, 0.25) is 5.91 Å². The molecule has 0 atom stereocenters. The first kappa shape index (κ1) is 15.8. The van der Waals surface area contributed by atoms with Crippen LogP contribution in [0.15, 0.2) is 6.20 Å². The van der Waals surface area contributed by atoms with Gasteiger partial charge in [0.25, 0.3) is 0 Å². The van der Waals surface area contributed by atoms with Crippen LogP contribution in [0.1, 0.15) is 29.8 Å². The van der Waals surface area contributed by atoms with Crippen LogP contribution in [-0.4, -0.2) is 40.9 Å². The number of aromatic nitrogens is 3. The Morgan fingerprint density at radius 1 is 1.46 bits per heavy atom. The number of nitrogens with zero attached hydrogens (tertiary/aromatic N) is 4. The Labute approximate surface area is 145 Å². The summed E-state index contributed by atoms with van der Waals surface area (Å²) in [6.07, 6.45) is 7.00. The van der Waals surface area contributed by atoms with Gasteiger partial charge in [0.05, 0.1) is 25.0 Å². The molecule has 0 N–H and O–H groups in total. The van der Waals surface area contributed by atoms with Gasteiger partial charge in [0, 0.05) is 36.2 Å². The van der Waals surface area contributed by atoms with Crippen LogP contribution in [0.3, 0.4) is 0 Å². The number of hydrogen-bond donors (Lipinski definition) is 0. The first-order chi connectivity index (χ1) is 11.7. The maximum absolute atomic E-state index is 12.8. The zero-order chi connectivity index (χ0) is 16.7. The van der Waals surface area contributed by atoms with Crippen LogP contribution in [-0.2, 0) is 29.4 Å². The highest BCUT2D eigenvalue weighted by atomic mass is 32.1. The molecule has 0 bridgehead atoms. The normalized spacial score (nSPS) is 16.4. The van der Waals surface area contributed by atoms with E-state index >= 15 is 0 Å². The molecule has 4 rings (SSSR count). The van der Waals surface area contributed by atoms with Gasteiger partial charge < -0.3 is 4.74 Å². The van der Waals surface area contributed by atoms with E-state index in [4.69, 9.17) is 9.72 Å².